The smallest absolute Gasteiger partial charge is 0.332 e. The van der Waals surface area contributed by atoms with E-state index < -0.39 is 5.56 Å². The quantitative estimate of drug-likeness (QED) is 0.345. The Kier molecular flexibility index (Phi) is 1.02. The Hall–Kier alpha value is -0.500. The second-order valence-electron chi connectivity index (χ2n) is 1.15. The summed E-state index contributed by atoms with van der Waals surface area (Å²) in [7, 11) is 0. The number of carbonyl (C=O) groups excluding carboxylic acids is 1. The second kappa shape index (κ2) is 1.54. The number of alkyl halides is 1. The molecule has 1 heterocycles. The summed E-state index contributed by atoms with van der Waals surface area (Å²) in [6.45, 7) is 0. The van der Waals surface area contributed by atoms with Gasteiger partial charge in [-0.2, -0.15) is 0 Å². The summed E-state index contributed by atoms with van der Waals surface area (Å²) in [5, 5.41) is 0. The van der Waals surface area contributed by atoms with Crippen molar-refractivity contribution in [3.63, 3.8) is 0 Å². The molecule has 0 amide bonds. The summed E-state index contributed by atoms with van der Waals surface area (Å²) in [5.41, 5.74) is -0.535. The zero-order valence-corrected chi connectivity index (χ0v) is 4.18. The van der Waals surface area contributed by atoms with Crippen molar-refractivity contribution in [3.05, 3.63) is 12.2 Å². The number of esters is 1. The van der Waals surface area contributed by atoms with E-state index in [1.54, 1.807) is 0 Å². The molecule has 0 saturated carbocycles. The molecule has 1 rings (SSSR count). The number of hydrogen-bond donors (Lipinski definition) is 0. The van der Waals surface area contributed by atoms with Crippen LogP contribution in [0.15, 0.2) is 12.2 Å². The van der Waals surface area contributed by atoms with E-state index in [2.05, 4.69) is 4.74 Å². The molecule has 0 aromatic carbocycles. The van der Waals surface area contributed by atoms with Crippen molar-refractivity contribution in [2.24, 2.45) is 0 Å². The van der Waals surface area contributed by atoms with Crippen molar-refractivity contribution >= 4 is 17.6 Å². The van der Waals surface area contributed by atoms with Gasteiger partial charge < -0.3 is 4.74 Å². The van der Waals surface area contributed by atoms with E-state index >= 15 is 0 Å². The van der Waals surface area contributed by atoms with Crippen LogP contribution in [0.3, 0.4) is 0 Å². The minimum atomic E-state index is -0.535. The molecule has 0 aromatic heterocycles. The van der Waals surface area contributed by atoms with Gasteiger partial charge in [0.2, 0.25) is 0 Å². The van der Waals surface area contributed by atoms with Crippen molar-refractivity contribution in [3.8, 4) is 0 Å². The van der Waals surface area contributed by atoms with E-state index in [4.69, 9.17) is 11.6 Å². The number of carbonyl (C=O) groups is 1. The topological polar surface area (TPSA) is 26.3 Å². The van der Waals surface area contributed by atoms with Crippen LogP contribution in [0.25, 0.3) is 0 Å². The van der Waals surface area contributed by atoms with Crippen LogP contribution in [0.4, 0.5) is 0 Å². The predicted molar refractivity (Wildman–Crippen MR) is 24.9 cm³/mol. The first-order chi connectivity index (χ1) is 3.29. The summed E-state index contributed by atoms with van der Waals surface area (Å²) < 4.78 is 4.38. The molecule has 0 aromatic rings. The third kappa shape index (κ3) is 0.933. The van der Waals surface area contributed by atoms with E-state index in [0.717, 1.165) is 0 Å². The van der Waals surface area contributed by atoms with E-state index in [9.17, 15) is 4.79 Å². The molecule has 1 aliphatic heterocycles. The first-order valence-corrected chi connectivity index (χ1v) is 2.25. The largest absolute Gasteiger partial charge is 0.439 e. The second-order valence-corrected chi connectivity index (χ2v) is 1.58. The zero-order valence-electron chi connectivity index (χ0n) is 3.43. The number of hydrogen-bond acceptors (Lipinski definition) is 2. The molecule has 0 N–H and O–H groups in total. The molecule has 0 spiro atoms. The van der Waals surface area contributed by atoms with Crippen LogP contribution in [-0.4, -0.2) is 11.5 Å². The lowest BCUT2D eigenvalue weighted by molar-refractivity contribution is -0.136. The summed E-state index contributed by atoms with van der Waals surface area (Å²) in [5.74, 6) is -0.361. The van der Waals surface area contributed by atoms with Crippen LogP contribution < -0.4 is 0 Å². The molecular formula is C4H3ClO2. The zero-order chi connectivity index (χ0) is 5.28. The van der Waals surface area contributed by atoms with Gasteiger partial charge in [-0.05, 0) is 6.08 Å². The Morgan fingerprint density at radius 3 is 2.71 bits per heavy atom. The summed E-state index contributed by atoms with van der Waals surface area (Å²) in [4.78, 5) is 10.1. The Morgan fingerprint density at radius 2 is 2.57 bits per heavy atom. The van der Waals surface area contributed by atoms with Crippen LogP contribution >= 0.6 is 11.6 Å². The van der Waals surface area contributed by atoms with Crippen LogP contribution in [0, 0.1) is 0 Å². The molecule has 7 heavy (non-hydrogen) atoms. The lowest BCUT2D eigenvalue weighted by atomic mass is 10.6. The van der Waals surface area contributed by atoms with Gasteiger partial charge in [0, 0.05) is 6.08 Å². The lowest BCUT2D eigenvalue weighted by Crippen LogP contribution is -1.97. The monoisotopic (exact) mass is 118 g/mol. The van der Waals surface area contributed by atoms with Gasteiger partial charge in [-0.1, -0.05) is 11.6 Å². The average Bonchev–Trinajstić information content (AvgIpc) is 1.87. The first kappa shape index (κ1) is 4.65. The highest BCUT2D eigenvalue weighted by Crippen LogP contribution is 2.07. The maximum atomic E-state index is 10.1. The van der Waals surface area contributed by atoms with Gasteiger partial charge in [0.1, 0.15) is 0 Å². The Morgan fingerprint density at radius 1 is 1.86 bits per heavy atom. The molecule has 0 unspecified atom stereocenters. The predicted octanol–water partition coefficient (Wildman–Crippen LogP) is 0.664. The van der Waals surface area contributed by atoms with Crippen LogP contribution in [-0.2, 0) is 9.53 Å². The highest BCUT2D eigenvalue weighted by molar-refractivity contribution is 6.22. The van der Waals surface area contributed by atoms with Gasteiger partial charge in [0.05, 0.1) is 0 Å². The SMILES string of the molecule is O=C1C=C[C@@H](Cl)O1. The number of ether oxygens (including phenoxy) is 1. The maximum absolute atomic E-state index is 10.1. The normalized spacial score (nSPS) is 28.1. The third-order valence-electron chi connectivity index (χ3n) is 0.612. The number of rotatable bonds is 0. The fourth-order valence-corrected chi connectivity index (χ4v) is 0.504. The molecule has 38 valence electrons. The molecule has 1 atom stereocenters. The molecule has 0 saturated heterocycles. The molecule has 0 aliphatic carbocycles. The van der Waals surface area contributed by atoms with Crippen molar-refractivity contribution in [2.75, 3.05) is 0 Å². The van der Waals surface area contributed by atoms with Crippen molar-refractivity contribution in [1.82, 2.24) is 0 Å². The fourth-order valence-electron chi connectivity index (χ4n) is 0.344. The van der Waals surface area contributed by atoms with Gasteiger partial charge in [-0.15, -0.1) is 0 Å². The molecule has 0 bridgehead atoms. The van der Waals surface area contributed by atoms with Crippen LogP contribution in [0.2, 0.25) is 0 Å². The Bertz CT molecular complexity index is 119. The first-order valence-electron chi connectivity index (χ1n) is 1.82. The van der Waals surface area contributed by atoms with E-state index in [0.29, 0.717) is 0 Å². The molecule has 0 fully saturated rings. The molecule has 2 nitrogen and oxygen atoms in total. The average molecular weight is 119 g/mol. The van der Waals surface area contributed by atoms with E-state index in [1.807, 2.05) is 0 Å². The summed E-state index contributed by atoms with van der Waals surface area (Å²) in [6.07, 6.45) is 2.79. The molecule has 0 radical (unpaired) electrons. The number of halogens is 1. The number of cyclic esters (lactones) is 1. The van der Waals surface area contributed by atoms with E-state index in [-0.39, 0.29) is 5.97 Å². The van der Waals surface area contributed by atoms with E-state index in [1.165, 1.54) is 12.2 Å². The fraction of sp³-hybridized carbons (Fsp3) is 0.250. The molecule has 3 heteroatoms. The van der Waals surface area contributed by atoms with Gasteiger partial charge in [-0.25, -0.2) is 4.79 Å². The third-order valence-corrected chi connectivity index (χ3v) is 0.847. The minimum Gasteiger partial charge on any atom is -0.439 e. The summed E-state index contributed by atoms with van der Waals surface area (Å²) >= 11 is 5.28. The van der Waals surface area contributed by atoms with Crippen molar-refractivity contribution in [1.29, 1.82) is 0 Å². The van der Waals surface area contributed by atoms with Gasteiger partial charge in [0.15, 0.2) is 5.56 Å². The van der Waals surface area contributed by atoms with Crippen molar-refractivity contribution < 1.29 is 9.53 Å². The maximum Gasteiger partial charge on any atom is 0.332 e. The highest BCUT2D eigenvalue weighted by Gasteiger charge is 2.11. The Balaban J connectivity index is 2.58. The van der Waals surface area contributed by atoms with Crippen molar-refractivity contribution in [2.45, 2.75) is 5.56 Å². The van der Waals surface area contributed by atoms with Gasteiger partial charge in [0.25, 0.3) is 0 Å². The molecular weight excluding hydrogens is 115 g/mol. The molecule has 1 aliphatic rings. The van der Waals surface area contributed by atoms with Gasteiger partial charge >= 0.3 is 5.97 Å². The van der Waals surface area contributed by atoms with Crippen LogP contribution in [0.1, 0.15) is 0 Å². The lowest BCUT2D eigenvalue weighted by Gasteiger charge is -1.92. The summed E-state index contributed by atoms with van der Waals surface area (Å²) in [6, 6.07) is 0. The Labute approximate surface area is 45.7 Å². The minimum absolute atomic E-state index is 0.361. The van der Waals surface area contributed by atoms with Gasteiger partial charge in [-0.3, -0.25) is 0 Å². The highest BCUT2D eigenvalue weighted by atomic mass is 35.5. The van der Waals surface area contributed by atoms with Crippen LogP contribution in [0.5, 0.6) is 0 Å². The standard InChI is InChI=1S/C4H3ClO2/c5-3-1-2-4(6)7-3/h1-3H/t3-/m0/s1.